The molecule has 1 amide bonds. The highest BCUT2D eigenvalue weighted by atomic mass is 19.4. The lowest BCUT2D eigenvalue weighted by Crippen LogP contribution is -2.38. The van der Waals surface area contributed by atoms with Gasteiger partial charge in [0.25, 0.3) is 0 Å². The van der Waals surface area contributed by atoms with Crippen LogP contribution in [0.3, 0.4) is 0 Å². The molecule has 8 heteroatoms. The van der Waals surface area contributed by atoms with E-state index in [1.807, 2.05) is 12.1 Å². The maximum Gasteiger partial charge on any atom is 0.416 e. The van der Waals surface area contributed by atoms with Gasteiger partial charge in [-0.25, -0.2) is 0 Å². The number of halogens is 3. The number of Topliss-reactive ketones (excluding diaryl/α,β-unsaturated/α-hetero) is 1. The summed E-state index contributed by atoms with van der Waals surface area (Å²) in [4.78, 5) is 27.5. The molecule has 1 N–H and O–H groups in total. The van der Waals surface area contributed by atoms with Gasteiger partial charge >= 0.3 is 6.18 Å². The molecule has 1 heterocycles. The molecule has 194 valence electrons. The number of anilines is 1. The van der Waals surface area contributed by atoms with Crippen LogP contribution in [0.15, 0.2) is 48.5 Å². The van der Waals surface area contributed by atoms with Gasteiger partial charge in [-0.3, -0.25) is 14.5 Å². The lowest BCUT2D eigenvalue weighted by atomic mass is 9.81. The molecule has 0 radical (unpaired) electrons. The zero-order chi connectivity index (χ0) is 26.2. The Labute approximate surface area is 214 Å². The second-order valence-corrected chi connectivity index (χ2v) is 10.6. The van der Waals surface area contributed by atoms with Crippen LogP contribution in [0, 0.1) is 29.1 Å². The number of carbonyl (C=O) groups excluding carboxylic acids is 2. The molecule has 0 spiro atoms. The first-order valence-corrected chi connectivity index (χ1v) is 13.0. The minimum atomic E-state index is -4.47. The molecule has 3 atom stereocenters. The van der Waals surface area contributed by atoms with E-state index in [0.717, 1.165) is 50.9 Å². The zero-order valence-corrected chi connectivity index (χ0v) is 20.5. The van der Waals surface area contributed by atoms with Gasteiger partial charge in [-0.1, -0.05) is 18.2 Å². The van der Waals surface area contributed by atoms with Crippen molar-refractivity contribution in [1.29, 1.82) is 5.26 Å². The van der Waals surface area contributed by atoms with E-state index < -0.39 is 17.6 Å². The van der Waals surface area contributed by atoms with Crippen molar-refractivity contribution in [3.8, 4) is 6.07 Å². The number of benzene rings is 2. The number of carbonyl (C=O) groups is 2. The Bertz CT molecular complexity index is 1180. The number of hydrogen-bond acceptors (Lipinski definition) is 4. The fraction of sp³-hybridized carbons (Fsp3) is 0.483. The molecule has 5 rings (SSSR count). The first-order chi connectivity index (χ1) is 17.7. The van der Waals surface area contributed by atoms with E-state index in [4.69, 9.17) is 5.26 Å². The molecule has 5 nitrogen and oxygen atoms in total. The third-order valence-electron chi connectivity index (χ3n) is 8.39. The number of amides is 1. The second-order valence-electron chi connectivity index (χ2n) is 10.6. The Morgan fingerprint density at radius 1 is 0.973 bits per heavy atom. The quantitative estimate of drug-likeness (QED) is 0.514. The number of rotatable bonds is 7. The summed E-state index contributed by atoms with van der Waals surface area (Å²) in [5, 5.41) is 11.5. The number of fused-ring (bicyclic) bond motifs is 1. The Morgan fingerprint density at radius 2 is 1.65 bits per heavy atom. The summed E-state index contributed by atoms with van der Waals surface area (Å²) >= 11 is 0. The normalized spacial score (nSPS) is 27.2. The van der Waals surface area contributed by atoms with E-state index in [9.17, 15) is 22.8 Å². The third-order valence-corrected chi connectivity index (χ3v) is 8.39. The minimum Gasteiger partial charge on any atom is -0.326 e. The summed E-state index contributed by atoms with van der Waals surface area (Å²) in [5.41, 5.74) is 1.26. The molecule has 2 aromatic carbocycles. The van der Waals surface area contributed by atoms with Crippen molar-refractivity contribution in [2.45, 2.75) is 56.7 Å². The Morgan fingerprint density at radius 3 is 2.27 bits per heavy atom. The number of nitriles is 1. The van der Waals surface area contributed by atoms with Gasteiger partial charge in [-0.2, -0.15) is 18.4 Å². The SMILES string of the molecule is N#Cc1ccc(C2CCC(N3C[C@@H]4C(C(=O)CCC(=O)Nc5cccc(C(F)(F)F)c5)[C@@H]4C3)CC2)cc1. The highest BCUT2D eigenvalue weighted by molar-refractivity contribution is 5.94. The zero-order valence-electron chi connectivity index (χ0n) is 20.5. The van der Waals surface area contributed by atoms with Crippen molar-refractivity contribution in [3.63, 3.8) is 0 Å². The molecule has 0 bridgehead atoms. The summed E-state index contributed by atoms with van der Waals surface area (Å²) in [5.74, 6) is 0.952. The third kappa shape index (κ3) is 5.72. The van der Waals surface area contributed by atoms with Crippen molar-refractivity contribution in [2.24, 2.45) is 17.8 Å². The van der Waals surface area contributed by atoms with Crippen LogP contribution >= 0.6 is 0 Å². The second kappa shape index (κ2) is 10.3. The number of piperidine rings is 1. The highest BCUT2D eigenvalue weighted by Gasteiger charge is 2.59. The van der Waals surface area contributed by atoms with Gasteiger partial charge < -0.3 is 5.32 Å². The molecule has 1 saturated heterocycles. The summed E-state index contributed by atoms with van der Waals surface area (Å²) in [7, 11) is 0. The highest BCUT2D eigenvalue weighted by Crippen LogP contribution is 2.54. The van der Waals surface area contributed by atoms with Crippen molar-refractivity contribution >= 4 is 17.4 Å². The van der Waals surface area contributed by atoms with Crippen LogP contribution in [0.4, 0.5) is 18.9 Å². The van der Waals surface area contributed by atoms with E-state index in [1.165, 1.54) is 17.7 Å². The number of likely N-dealkylation sites (tertiary alicyclic amines) is 1. The van der Waals surface area contributed by atoms with Gasteiger partial charge in [-0.05, 0) is 79.3 Å². The molecule has 37 heavy (non-hydrogen) atoms. The van der Waals surface area contributed by atoms with Crippen LogP contribution in [0.1, 0.15) is 61.1 Å². The minimum absolute atomic E-state index is 0.0197. The maximum atomic E-state index is 12.9. The lowest BCUT2D eigenvalue weighted by Gasteiger charge is -2.36. The van der Waals surface area contributed by atoms with Gasteiger partial charge in [0.1, 0.15) is 5.78 Å². The van der Waals surface area contributed by atoms with Gasteiger partial charge in [0.2, 0.25) is 5.91 Å². The molecule has 3 fully saturated rings. The lowest BCUT2D eigenvalue weighted by molar-refractivity contribution is -0.137. The van der Waals surface area contributed by atoms with Crippen LogP contribution in [-0.2, 0) is 15.8 Å². The van der Waals surface area contributed by atoms with Crippen LogP contribution in [0.2, 0.25) is 0 Å². The average Bonchev–Trinajstić information content (AvgIpc) is 3.40. The smallest absolute Gasteiger partial charge is 0.326 e. The first kappa shape index (κ1) is 25.5. The predicted molar refractivity (Wildman–Crippen MR) is 133 cm³/mol. The molecule has 2 saturated carbocycles. The van der Waals surface area contributed by atoms with Crippen LogP contribution in [-0.4, -0.2) is 35.7 Å². The molecule has 0 aromatic heterocycles. The fourth-order valence-corrected chi connectivity index (χ4v) is 6.34. The van der Waals surface area contributed by atoms with Crippen LogP contribution < -0.4 is 5.32 Å². The van der Waals surface area contributed by atoms with Gasteiger partial charge in [0, 0.05) is 43.6 Å². The van der Waals surface area contributed by atoms with Gasteiger partial charge in [0.15, 0.2) is 0 Å². The van der Waals surface area contributed by atoms with Gasteiger partial charge in [0.05, 0.1) is 17.2 Å². The average molecular weight is 510 g/mol. The molecule has 2 aliphatic carbocycles. The number of nitrogens with one attached hydrogen (secondary N) is 1. The molecular formula is C29H30F3N3O2. The van der Waals surface area contributed by atoms with E-state index >= 15 is 0 Å². The van der Waals surface area contributed by atoms with E-state index in [1.54, 1.807) is 0 Å². The van der Waals surface area contributed by atoms with Crippen molar-refractivity contribution in [3.05, 3.63) is 65.2 Å². The molecule has 2 aromatic rings. The first-order valence-electron chi connectivity index (χ1n) is 13.0. The molecular weight excluding hydrogens is 479 g/mol. The summed E-state index contributed by atoms with van der Waals surface area (Å²) in [6.45, 7) is 1.87. The number of nitrogens with zero attached hydrogens (tertiary/aromatic N) is 2. The van der Waals surface area contributed by atoms with Gasteiger partial charge in [-0.15, -0.1) is 0 Å². The summed E-state index contributed by atoms with van der Waals surface area (Å²) in [6.07, 6.45) is 0.166. The van der Waals surface area contributed by atoms with Crippen LogP contribution in [0.5, 0.6) is 0 Å². The Hall–Kier alpha value is -3.18. The Kier molecular flexibility index (Phi) is 7.09. The van der Waals surface area contributed by atoms with Crippen molar-refractivity contribution in [1.82, 2.24) is 4.90 Å². The maximum absolute atomic E-state index is 12.9. The predicted octanol–water partition coefficient (Wildman–Crippen LogP) is 5.77. The number of hydrogen-bond donors (Lipinski definition) is 1. The van der Waals surface area contributed by atoms with Crippen LogP contribution in [0.25, 0.3) is 0 Å². The van der Waals surface area contributed by atoms with E-state index in [0.29, 0.717) is 29.4 Å². The molecule has 1 aliphatic heterocycles. The largest absolute Gasteiger partial charge is 0.416 e. The topological polar surface area (TPSA) is 73.2 Å². The standard InChI is InChI=1S/C29H30F3N3O2/c30-29(31,32)21-2-1-3-22(14-21)34-27(37)13-12-26(36)28-24-16-35(17-25(24)28)23-10-8-20(9-11-23)19-6-4-18(15-33)5-7-19/h1-7,14,20,23-25,28H,8-13,16-17H2,(H,34,37)/t20?,23?,24-,25+,28?. The van der Waals surface area contributed by atoms with E-state index in [2.05, 4.69) is 28.4 Å². The Balaban J connectivity index is 1.03. The summed E-state index contributed by atoms with van der Waals surface area (Å²) < 4.78 is 38.6. The van der Waals surface area contributed by atoms with Crippen molar-refractivity contribution < 1.29 is 22.8 Å². The van der Waals surface area contributed by atoms with E-state index in [-0.39, 0.29) is 30.2 Å². The fourth-order valence-electron chi connectivity index (χ4n) is 6.34. The molecule has 3 aliphatic rings. The number of alkyl halides is 3. The van der Waals surface area contributed by atoms with Crippen molar-refractivity contribution in [2.75, 3.05) is 18.4 Å². The molecule has 1 unspecified atom stereocenters. The number of ketones is 1. The summed E-state index contributed by atoms with van der Waals surface area (Å²) in [6, 6.07) is 15.2. The monoisotopic (exact) mass is 509 g/mol.